The van der Waals surface area contributed by atoms with Gasteiger partial charge in [-0.1, -0.05) is 18.2 Å². The van der Waals surface area contributed by atoms with Gasteiger partial charge in [0.15, 0.2) is 0 Å². The van der Waals surface area contributed by atoms with Crippen LogP contribution in [0.5, 0.6) is 5.75 Å². The van der Waals surface area contributed by atoms with E-state index < -0.39 is 18.0 Å². The number of benzene rings is 1. The van der Waals surface area contributed by atoms with E-state index >= 15 is 0 Å². The number of hydrogen-bond acceptors (Lipinski definition) is 7. The molecule has 0 aliphatic carbocycles. The van der Waals surface area contributed by atoms with E-state index in [0.717, 1.165) is 0 Å². The Bertz CT molecular complexity index is 879. The summed E-state index contributed by atoms with van der Waals surface area (Å²) in [7, 11) is 1.31. The number of urea groups is 1. The predicted molar refractivity (Wildman–Crippen MR) is 116 cm³/mol. The number of para-hydroxylation sites is 1. The molecule has 0 bridgehead atoms. The van der Waals surface area contributed by atoms with Crippen LogP contribution in [0.3, 0.4) is 0 Å². The third-order valence-electron chi connectivity index (χ3n) is 5.37. The first-order chi connectivity index (χ1) is 15.5. The molecule has 2 heterocycles. The van der Waals surface area contributed by atoms with Crippen LogP contribution in [0, 0.1) is 0 Å². The molecule has 32 heavy (non-hydrogen) atoms. The summed E-state index contributed by atoms with van der Waals surface area (Å²) in [4.78, 5) is 41.0. The molecule has 10 nitrogen and oxygen atoms in total. The average molecular weight is 447 g/mol. The van der Waals surface area contributed by atoms with Crippen LogP contribution < -0.4 is 15.4 Å². The number of piperazine rings is 1. The van der Waals surface area contributed by atoms with Gasteiger partial charge in [0, 0.05) is 44.0 Å². The molecule has 0 unspecified atom stereocenters. The smallest absolute Gasteiger partial charge is 0.409 e. The monoisotopic (exact) mass is 446 g/mol. The van der Waals surface area contributed by atoms with Crippen LogP contribution >= 0.6 is 0 Å². The van der Waals surface area contributed by atoms with Gasteiger partial charge in [0.1, 0.15) is 5.75 Å². The van der Waals surface area contributed by atoms with Gasteiger partial charge in [-0.05, 0) is 19.9 Å². The summed E-state index contributed by atoms with van der Waals surface area (Å²) in [5.41, 5.74) is 1.47. The van der Waals surface area contributed by atoms with Crippen LogP contribution in [-0.2, 0) is 14.3 Å². The minimum Gasteiger partial charge on any atom is -0.494 e. The number of rotatable bonds is 7. The fourth-order valence-electron chi connectivity index (χ4n) is 3.86. The zero-order valence-corrected chi connectivity index (χ0v) is 18.7. The molecular weight excluding hydrogens is 416 g/mol. The second kappa shape index (κ2) is 10.9. The summed E-state index contributed by atoms with van der Waals surface area (Å²) < 4.78 is 15.8. The van der Waals surface area contributed by atoms with Crippen LogP contribution in [0.2, 0.25) is 0 Å². The van der Waals surface area contributed by atoms with Gasteiger partial charge in [0.2, 0.25) is 0 Å². The minimum absolute atomic E-state index is 0.326. The Morgan fingerprint density at radius 2 is 1.81 bits per heavy atom. The predicted octanol–water partition coefficient (Wildman–Crippen LogP) is 1.64. The summed E-state index contributed by atoms with van der Waals surface area (Å²) in [6, 6.07) is 6.16. The van der Waals surface area contributed by atoms with Crippen LogP contribution in [-0.4, -0.2) is 80.9 Å². The lowest BCUT2D eigenvalue weighted by Gasteiger charge is -2.36. The highest BCUT2D eigenvalue weighted by Gasteiger charge is 2.36. The van der Waals surface area contributed by atoms with E-state index in [0.29, 0.717) is 68.5 Å². The lowest BCUT2D eigenvalue weighted by Crippen LogP contribution is -2.52. The number of esters is 1. The van der Waals surface area contributed by atoms with E-state index in [-0.39, 0.29) is 6.09 Å². The van der Waals surface area contributed by atoms with Crippen molar-refractivity contribution in [1.82, 2.24) is 20.4 Å². The molecule has 0 aromatic heterocycles. The molecule has 1 saturated heterocycles. The van der Waals surface area contributed by atoms with E-state index in [1.54, 1.807) is 17.9 Å². The topological polar surface area (TPSA) is 109 Å². The van der Waals surface area contributed by atoms with Crippen molar-refractivity contribution in [3.8, 4) is 5.75 Å². The standard InChI is InChI=1S/C22H30N4O6/c1-4-31-17-9-7-6-8-15(17)19-18(20(27)30-3)16(23-21(28)24-19)14-25-10-12-26(13-11-25)22(29)32-5-2/h6-9,19H,4-5,10-14H2,1-3H3,(H2,23,24,28)/t19-/m0/s1. The zero-order chi connectivity index (χ0) is 23.1. The summed E-state index contributed by atoms with van der Waals surface area (Å²) >= 11 is 0. The highest BCUT2D eigenvalue weighted by Crippen LogP contribution is 2.33. The molecule has 10 heteroatoms. The molecular formula is C22H30N4O6. The maximum atomic E-state index is 12.8. The van der Waals surface area contributed by atoms with Gasteiger partial charge in [-0.3, -0.25) is 4.90 Å². The first-order valence-corrected chi connectivity index (χ1v) is 10.7. The molecule has 0 saturated carbocycles. The van der Waals surface area contributed by atoms with Crippen LogP contribution in [0.1, 0.15) is 25.5 Å². The maximum Gasteiger partial charge on any atom is 0.409 e. The first kappa shape index (κ1) is 23.4. The Morgan fingerprint density at radius 1 is 1.09 bits per heavy atom. The molecule has 1 atom stereocenters. The molecule has 0 radical (unpaired) electrons. The van der Waals surface area contributed by atoms with Gasteiger partial charge in [0.25, 0.3) is 0 Å². The number of hydrogen-bond donors (Lipinski definition) is 2. The molecule has 2 aliphatic heterocycles. The largest absolute Gasteiger partial charge is 0.494 e. The number of nitrogens with one attached hydrogen (secondary N) is 2. The van der Waals surface area contributed by atoms with Crippen LogP contribution in [0.15, 0.2) is 35.5 Å². The molecule has 1 fully saturated rings. The van der Waals surface area contributed by atoms with Gasteiger partial charge in [0.05, 0.1) is 31.9 Å². The van der Waals surface area contributed by atoms with Crippen molar-refractivity contribution in [2.75, 3.05) is 53.0 Å². The number of ether oxygens (including phenoxy) is 3. The van der Waals surface area contributed by atoms with Crippen molar-refractivity contribution < 1.29 is 28.6 Å². The van der Waals surface area contributed by atoms with Crippen molar-refractivity contribution >= 4 is 18.1 Å². The second-order valence-corrected chi connectivity index (χ2v) is 7.35. The number of carbonyl (C=O) groups excluding carboxylic acids is 3. The molecule has 174 valence electrons. The quantitative estimate of drug-likeness (QED) is 0.613. The summed E-state index contributed by atoms with van der Waals surface area (Å²) in [6.07, 6.45) is -0.329. The SMILES string of the molecule is CCOC(=O)N1CCN(CC2=C(C(=O)OC)[C@H](c3ccccc3OCC)NC(=O)N2)CC1. The Morgan fingerprint density at radius 3 is 2.47 bits per heavy atom. The van der Waals surface area contributed by atoms with Crippen molar-refractivity contribution in [2.45, 2.75) is 19.9 Å². The van der Waals surface area contributed by atoms with Crippen molar-refractivity contribution in [2.24, 2.45) is 0 Å². The Hall–Kier alpha value is -3.27. The molecule has 2 N–H and O–H groups in total. The lowest BCUT2D eigenvalue weighted by atomic mass is 9.94. The lowest BCUT2D eigenvalue weighted by molar-refractivity contribution is -0.136. The Labute approximate surface area is 187 Å². The summed E-state index contributed by atoms with van der Waals surface area (Å²) in [5.74, 6) is 0.0555. The number of nitrogens with zero attached hydrogens (tertiary/aromatic N) is 2. The van der Waals surface area contributed by atoms with Crippen molar-refractivity contribution in [1.29, 1.82) is 0 Å². The van der Waals surface area contributed by atoms with Gasteiger partial charge < -0.3 is 29.7 Å². The Kier molecular flexibility index (Phi) is 7.93. The fraction of sp³-hybridized carbons (Fsp3) is 0.500. The Balaban J connectivity index is 1.86. The van der Waals surface area contributed by atoms with Gasteiger partial charge in [-0.2, -0.15) is 0 Å². The highest BCUT2D eigenvalue weighted by atomic mass is 16.6. The van der Waals surface area contributed by atoms with E-state index in [4.69, 9.17) is 14.2 Å². The zero-order valence-electron chi connectivity index (χ0n) is 18.7. The summed E-state index contributed by atoms with van der Waals surface area (Å²) in [5, 5.41) is 5.60. The molecule has 3 rings (SSSR count). The van der Waals surface area contributed by atoms with Crippen molar-refractivity contribution in [3.63, 3.8) is 0 Å². The maximum absolute atomic E-state index is 12.8. The molecule has 1 aromatic carbocycles. The molecule has 2 aliphatic rings. The van der Waals surface area contributed by atoms with Crippen LogP contribution in [0.25, 0.3) is 0 Å². The normalized spacial score (nSPS) is 19.2. The van der Waals surface area contributed by atoms with E-state index in [1.165, 1.54) is 7.11 Å². The third-order valence-corrected chi connectivity index (χ3v) is 5.37. The second-order valence-electron chi connectivity index (χ2n) is 7.35. The number of amides is 3. The van der Waals surface area contributed by atoms with Crippen molar-refractivity contribution in [3.05, 3.63) is 41.1 Å². The average Bonchev–Trinajstić information content (AvgIpc) is 2.79. The van der Waals surface area contributed by atoms with E-state index in [1.807, 2.05) is 25.1 Å². The number of methoxy groups -OCH3 is 1. The first-order valence-electron chi connectivity index (χ1n) is 10.7. The van der Waals surface area contributed by atoms with E-state index in [2.05, 4.69) is 15.5 Å². The minimum atomic E-state index is -0.713. The highest BCUT2D eigenvalue weighted by molar-refractivity contribution is 5.95. The third kappa shape index (κ3) is 5.31. The van der Waals surface area contributed by atoms with Gasteiger partial charge >= 0.3 is 18.1 Å². The van der Waals surface area contributed by atoms with Gasteiger partial charge in [-0.25, -0.2) is 14.4 Å². The van der Waals surface area contributed by atoms with Crippen LogP contribution in [0.4, 0.5) is 9.59 Å². The summed E-state index contributed by atoms with van der Waals surface area (Å²) in [6.45, 7) is 6.93. The molecule has 0 spiro atoms. The molecule has 3 amide bonds. The van der Waals surface area contributed by atoms with E-state index in [9.17, 15) is 14.4 Å². The van der Waals surface area contributed by atoms with Gasteiger partial charge in [-0.15, -0.1) is 0 Å². The fourth-order valence-corrected chi connectivity index (χ4v) is 3.86. The molecule has 1 aromatic rings. The number of carbonyl (C=O) groups is 3.